The first-order valence-corrected chi connectivity index (χ1v) is 11.9. The number of hydrogen-bond acceptors (Lipinski definition) is 6. The molecule has 0 amide bonds. The van der Waals surface area contributed by atoms with Crippen LogP contribution in [0.1, 0.15) is 5.82 Å². The maximum atomic E-state index is 13.5. The van der Waals surface area contributed by atoms with Gasteiger partial charge in [-0.15, -0.1) is 17.9 Å². The molecule has 5 aromatic rings. The molecular formula is C24H17FN4O2S2. The summed E-state index contributed by atoms with van der Waals surface area (Å²) in [6.45, 7) is 4.07. The molecule has 164 valence electrons. The van der Waals surface area contributed by atoms with Crippen molar-refractivity contribution in [2.75, 3.05) is 0 Å². The molecule has 0 aliphatic heterocycles. The molecule has 0 unspecified atom stereocenters. The molecule has 6 nitrogen and oxygen atoms in total. The molecular weight excluding hydrogens is 459 g/mol. The Kier molecular flexibility index (Phi) is 5.65. The van der Waals surface area contributed by atoms with Gasteiger partial charge < -0.3 is 0 Å². The van der Waals surface area contributed by atoms with E-state index in [0.29, 0.717) is 44.3 Å². The minimum absolute atomic E-state index is 0.125. The lowest BCUT2D eigenvalue weighted by atomic mass is 10.2. The minimum atomic E-state index is -0.391. The highest BCUT2D eigenvalue weighted by molar-refractivity contribution is 7.98. The molecule has 0 aliphatic carbocycles. The lowest BCUT2D eigenvalue weighted by Crippen LogP contribution is -2.24. The summed E-state index contributed by atoms with van der Waals surface area (Å²) in [7, 11) is 0. The van der Waals surface area contributed by atoms with E-state index in [1.165, 1.54) is 39.8 Å². The van der Waals surface area contributed by atoms with Crippen LogP contribution in [0.25, 0.3) is 26.8 Å². The Morgan fingerprint density at radius 3 is 2.58 bits per heavy atom. The topological polar surface area (TPSA) is 69.8 Å². The van der Waals surface area contributed by atoms with E-state index in [4.69, 9.17) is 4.98 Å². The lowest BCUT2D eigenvalue weighted by molar-refractivity contribution is 0.627. The fourth-order valence-electron chi connectivity index (χ4n) is 3.58. The summed E-state index contributed by atoms with van der Waals surface area (Å²) >= 11 is 2.67. The summed E-state index contributed by atoms with van der Waals surface area (Å²) in [6.07, 6.45) is 1.65. The number of rotatable bonds is 6. The molecule has 0 saturated carbocycles. The number of hydrogen-bond donors (Lipinski definition) is 0. The molecule has 0 fully saturated rings. The third-order valence-electron chi connectivity index (χ3n) is 5.10. The second kappa shape index (κ2) is 8.76. The van der Waals surface area contributed by atoms with Crippen LogP contribution in [0.4, 0.5) is 4.39 Å². The Morgan fingerprint density at radius 2 is 1.79 bits per heavy atom. The summed E-state index contributed by atoms with van der Waals surface area (Å²) < 4.78 is 17.2. The van der Waals surface area contributed by atoms with E-state index >= 15 is 0 Å². The standard InChI is InChI=1S/C24H17FN4O2S2/c1-2-12-28-23(31)21-19(11-13-32-21)27-24(28)33-14-20-26-18-6-4-3-5-17(18)22(30)29(20)16-9-7-15(25)8-10-16/h2-11,13H,1,12,14H2. The highest BCUT2D eigenvalue weighted by Gasteiger charge is 2.16. The first-order valence-electron chi connectivity index (χ1n) is 10.0. The number of thiophene rings is 1. The SMILES string of the molecule is C=CCn1c(SCc2nc3ccccc3c(=O)n2-c2ccc(F)cc2)nc2ccsc2c1=O. The van der Waals surface area contributed by atoms with Crippen molar-refractivity contribution in [2.24, 2.45) is 0 Å². The molecule has 2 aromatic carbocycles. The summed E-state index contributed by atoms with van der Waals surface area (Å²) in [5.41, 5.74) is 1.35. The quantitative estimate of drug-likeness (QED) is 0.201. The summed E-state index contributed by atoms with van der Waals surface area (Å²) in [5.74, 6) is 0.356. The van der Waals surface area contributed by atoms with E-state index in [2.05, 4.69) is 11.6 Å². The van der Waals surface area contributed by atoms with Gasteiger partial charge >= 0.3 is 0 Å². The van der Waals surface area contributed by atoms with Gasteiger partial charge in [-0.2, -0.15) is 0 Å². The number of benzene rings is 2. The predicted molar refractivity (Wildman–Crippen MR) is 131 cm³/mol. The zero-order chi connectivity index (χ0) is 22.9. The van der Waals surface area contributed by atoms with E-state index in [-0.39, 0.29) is 16.9 Å². The van der Waals surface area contributed by atoms with Gasteiger partial charge in [0, 0.05) is 6.54 Å². The Bertz CT molecular complexity index is 1620. The van der Waals surface area contributed by atoms with Crippen molar-refractivity contribution in [2.45, 2.75) is 17.5 Å². The monoisotopic (exact) mass is 476 g/mol. The maximum Gasteiger partial charge on any atom is 0.272 e. The second-order valence-corrected chi connectivity index (χ2v) is 9.04. The van der Waals surface area contributed by atoms with Gasteiger partial charge in [-0.05, 0) is 47.8 Å². The first-order chi connectivity index (χ1) is 16.1. The van der Waals surface area contributed by atoms with Crippen molar-refractivity contribution < 1.29 is 4.39 Å². The largest absolute Gasteiger partial charge is 0.282 e. The second-order valence-electron chi connectivity index (χ2n) is 7.18. The molecule has 3 aromatic heterocycles. The van der Waals surface area contributed by atoms with E-state index in [1.807, 2.05) is 17.5 Å². The number of allylic oxidation sites excluding steroid dienone is 1. The molecule has 5 rings (SSSR count). The molecule has 9 heteroatoms. The molecule has 3 heterocycles. The van der Waals surface area contributed by atoms with Crippen LogP contribution in [0.15, 0.2) is 87.4 Å². The fourth-order valence-corrected chi connectivity index (χ4v) is 5.29. The summed E-state index contributed by atoms with van der Waals surface area (Å²) in [5, 5.41) is 2.82. The highest BCUT2D eigenvalue weighted by atomic mass is 32.2. The maximum absolute atomic E-state index is 13.5. The number of nitrogens with zero attached hydrogens (tertiary/aromatic N) is 4. The average molecular weight is 477 g/mol. The number of para-hydroxylation sites is 1. The Morgan fingerprint density at radius 1 is 1.00 bits per heavy atom. The van der Waals surface area contributed by atoms with Crippen LogP contribution in [-0.4, -0.2) is 19.1 Å². The van der Waals surface area contributed by atoms with E-state index in [0.717, 1.165) is 0 Å². The number of halogens is 1. The smallest absolute Gasteiger partial charge is 0.272 e. The number of fused-ring (bicyclic) bond motifs is 2. The Balaban J connectivity index is 1.64. The zero-order valence-electron chi connectivity index (χ0n) is 17.3. The molecule has 0 atom stereocenters. The number of thioether (sulfide) groups is 1. The van der Waals surface area contributed by atoms with Crippen molar-refractivity contribution in [1.29, 1.82) is 0 Å². The van der Waals surface area contributed by atoms with Gasteiger partial charge in [-0.25, -0.2) is 14.4 Å². The van der Waals surface area contributed by atoms with Gasteiger partial charge in [0.2, 0.25) is 0 Å². The van der Waals surface area contributed by atoms with E-state index < -0.39 is 5.82 Å². The van der Waals surface area contributed by atoms with Crippen LogP contribution in [0.3, 0.4) is 0 Å². The molecule has 0 radical (unpaired) electrons. The van der Waals surface area contributed by atoms with Crippen LogP contribution in [0.2, 0.25) is 0 Å². The van der Waals surface area contributed by atoms with Gasteiger partial charge in [-0.1, -0.05) is 30.0 Å². The van der Waals surface area contributed by atoms with Crippen LogP contribution in [-0.2, 0) is 12.3 Å². The Hall–Kier alpha value is -3.56. The molecule has 0 aliphatic rings. The van der Waals surface area contributed by atoms with Gasteiger partial charge in [0.05, 0.1) is 27.9 Å². The van der Waals surface area contributed by atoms with E-state index in [9.17, 15) is 14.0 Å². The first kappa shape index (κ1) is 21.3. The van der Waals surface area contributed by atoms with Crippen molar-refractivity contribution in [3.63, 3.8) is 0 Å². The van der Waals surface area contributed by atoms with Crippen LogP contribution in [0, 0.1) is 5.82 Å². The predicted octanol–water partition coefficient (Wildman–Crippen LogP) is 4.77. The summed E-state index contributed by atoms with van der Waals surface area (Å²) in [4.78, 5) is 35.6. The van der Waals surface area contributed by atoms with Crippen molar-refractivity contribution in [3.05, 3.63) is 105 Å². The number of aromatic nitrogens is 4. The third kappa shape index (κ3) is 3.90. The van der Waals surface area contributed by atoms with Crippen molar-refractivity contribution in [1.82, 2.24) is 19.1 Å². The zero-order valence-corrected chi connectivity index (χ0v) is 18.9. The summed E-state index contributed by atoms with van der Waals surface area (Å²) in [6, 6.07) is 14.6. The van der Waals surface area contributed by atoms with Crippen molar-refractivity contribution >= 4 is 44.2 Å². The molecule has 0 saturated heterocycles. The fraction of sp³-hybridized carbons (Fsp3) is 0.0833. The van der Waals surface area contributed by atoms with Crippen LogP contribution in [0.5, 0.6) is 0 Å². The molecule has 0 N–H and O–H groups in total. The molecule has 33 heavy (non-hydrogen) atoms. The minimum Gasteiger partial charge on any atom is -0.282 e. The van der Waals surface area contributed by atoms with Crippen LogP contribution >= 0.6 is 23.1 Å². The molecule has 0 spiro atoms. The average Bonchev–Trinajstić information content (AvgIpc) is 3.30. The van der Waals surface area contributed by atoms with Gasteiger partial charge in [0.15, 0.2) is 5.16 Å². The van der Waals surface area contributed by atoms with E-state index in [1.54, 1.807) is 41.0 Å². The third-order valence-corrected chi connectivity index (χ3v) is 6.97. The molecule has 0 bridgehead atoms. The van der Waals surface area contributed by atoms with Gasteiger partial charge in [-0.3, -0.25) is 18.7 Å². The van der Waals surface area contributed by atoms with Crippen LogP contribution < -0.4 is 11.1 Å². The van der Waals surface area contributed by atoms with Gasteiger partial charge in [0.1, 0.15) is 16.3 Å². The lowest BCUT2D eigenvalue weighted by Gasteiger charge is -2.15. The van der Waals surface area contributed by atoms with Gasteiger partial charge in [0.25, 0.3) is 11.1 Å². The Labute approximate surface area is 195 Å². The van der Waals surface area contributed by atoms with Crippen molar-refractivity contribution in [3.8, 4) is 5.69 Å². The highest BCUT2D eigenvalue weighted by Crippen LogP contribution is 2.25. The normalized spacial score (nSPS) is 11.3.